The van der Waals surface area contributed by atoms with Crippen LogP contribution in [0.5, 0.6) is 5.75 Å². The number of rotatable bonds is 4. The van der Waals surface area contributed by atoms with Gasteiger partial charge in [0.2, 0.25) is 0 Å². The molecule has 0 saturated heterocycles. The second-order valence-corrected chi connectivity index (χ2v) is 6.04. The first-order chi connectivity index (χ1) is 9.08. The number of aryl methyl sites for hydroxylation is 1. The van der Waals surface area contributed by atoms with Crippen molar-refractivity contribution in [3.05, 3.63) is 26.8 Å². The molecule has 3 nitrogen and oxygen atoms in total. The minimum absolute atomic E-state index is 0.810. The van der Waals surface area contributed by atoms with Crippen LogP contribution in [0.1, 0.15) is 19.0 Å². The van der Waals surface area contributed by atoms with E-state index in [0.717, 1.165) is 49.9 Å². The van der Waals surface area contributed by atoms with E-state index in [0.29, 0.717) is 0 Å². The minimum Gasteiger partial charge on any atom is -0.495 e. The van der Waals surface area contributed by atoms with E-state index in [4.69, 9.17) is 4.74 Å². The van der Waals surface area contributed by atoms with Crippen molar-refractivity contribution in [2.45, 2.75) is 20.3 Å². The van der Waals surface area contributed by atoms with Gasteiger partial charge in [-0.25, -0.2) is 0 Å². The van der Waals surface area contributed by atoms with E-state index in [2.05, 4.69) is 55.2 Å². The van der Waals surface area contributed by atoms with Crippen LogP contribution in [-0.2, 0) is 0 Å². The molecule has 0 aliphatic heterocycles. The van der Waals surface area contributed by atoms with Gasteiger partial charge in [-0.1, -0.05) is 6.92 Å². The molecule has 0 unspecified atom stereocenters. The Kier molecular flexibility index (Phi) is 4.68. The average molecular weight is 388 g/mol. The Balaban J connectivity index is 2.78. The molecule has 0 radical (unpaired) electrons. The number of hydrogen-bond acceptors (Lipinski definition) is 3. The molecule has 1 heterocycles. The molecule has 19 heavy (non-hydrogen) atoms. The molecule has 1 aromatic carbocycles. The van der Waals surface area contributed by atoms with E-state index in [1.807, 2.05) is 13.0 Å². The van der Waals surface area contributed by atoms with Crippen LogP contribution >= 0.6 is 31.9 Å². The maximum atomic E-state index is 5.53. The summed E-state index contributed by atoms with van der Waals surface area (Å²) in [6, 6.07) is 4.02. The van der Waals surface area contributed by atoms with Gasteiger partial charge in [-0.3, -0.25) is 4.98 Å². The normalized spacial score (nSPS) is 10.8. The van der Waals surface area contributed by atoms with Gasteiger partial charge in [-0.15, -0.1) is 0 Å². The molecular formula is C14H16Br2N2O. The van der Waals surface area contributed by atoms with Crippen LogP contribution in [0.15, 0.2) is 21.1 Å². The second-order valence-electron chi connectivity index (χ2n) is 4.34. The standard InChI is InChI=1S/C14H16Br2N2O/c1-4-5-17-11-6-8(2)18-13-9(15)7-10(16)14(19-3)12(11)13/h6-7H,4-5H2,1-3H3,(H,17,18). The Morgan fingerprint density at radius 1 is 1.26 bits per heavy atom. The number of anilines is 1. The number of aromatic nitrogens is 1. The molecule has 0 fully saturated rings. The predicted molar refractivity (Wildman–Crippen MR) is 87.2 cm³/mol. The van der Waals surface area contributed by atoms with Crippen LogP contribution in [0.25, 0.3) is 10.9 Å². The fourth-order valence-corrected chi connectivity index (χ4v) is 3.45. The summed E-state index contributed by atoms with van der Waals surface area (Å²) < 4.78 is 7.40. The molecule has 0 saturated carbocycles. The summed E-state index contributed by atoms with van der Waals surface area (Å²) in [5, 5.41) is 4.45. The Labute approximate surface area is 130 Å². The van der Waals surface area contributed by atoms with Crippen LogP contribution in [0, 0.1) is 6.92 Å². The molecule has 0 bridgehead atoms. The summed E-state index contributed by atoms with van der Waals surface area (Å²) >= 11 is 7.11. The van der Waals surface area contributed by atoms with Gasteiger partial charge in [-0.2, -0.15) is 0 Å². The Hall–Kier alpha value is -0.810. The van der Waals surface area contributed by atoms with Gasteiger partial charge in [0.1, 0.15) is 5.75 Å². The molecule has 0 atom stereocenters. The van der Waals surface area contributed by atoms with Crippen LogP contribution in [0.2, 0.25) is 0 Å². The van der Waals surface area contributed by atoms with Crippen LogP contribution in [0.3, 0.4) is 0 Å². The summed E-state index contributed by atoms with van der Waals surface area (Å²) in [6.45, 7) is 5.07. The summed E-state index contributed by atoms with van der Waals surface area (Å²) in [7, 11) is 1.68. The Morgan fingerprint density at radius 3 is 2.63 bits per heavy atom. The zero-order valence-corrected chi connectivity index (χ0v) is 14.4. The van der Waals surface area contributed by atoms with Gasteiger partial charge in [0, 0.05) is 22.4 Å². The summed E-state index contributed by atoms with van der Waals surface area (Å²) in [6.07, 6.45) is 1.07. The lowest BCUT2D eigenvalue weighted by Gasteiger charge is -2.15. The predicted octanol–water partition coefficient (Wildman–Crippen LogP) is 4.90. The third kappa shape index (κ3) is 2.87. The minimum atomic E-state index is 0.810. The van der Waals surface area contributed by atoms with Crippen molar-refractivity contribution < 1.29 is 4.74 Å². The van der Waals surface area contributed by atoms with E-state index in [1.54, 1.807) is 7.11 Å². The van der Waals surface area contributed by atoms with Crippen molar-refractivity contribution in [1.82, 2.24) is 4.98 Å². The molecular weight excluding hydrogens is 372 g/mol. The molecule has 0 aliphatic carbocycles. The molecule has 0 amide bonds. The van der Waals surface area contributed by atoms with Crippen molar-refractivity contribution in [1.29, 1.82) is 0 Å². The van der Waals surface area contributed by atoms with Crippen molar-refractivity contribution in [2.24, 2.45) is 0 Å². The van der Waals surface area contributed by atoms with Gasteiger partial charge < -0.3 is 10.1 Å². The van der Waals surface area contributed by atoms with Gasteiger partial charge >= 0.3 is 0 Å². The van der Waals surface area contributed by atoms with Gasteiger partial charge in [0.25, 0.3) is 0 Å². The highest BCUT2D eigenvalue weighted by atomic mass is 79.9. The number of nitrogens with one attached hydrogen (secondary N) is 1. The fourth-order valence-electron chi connectivity index (χ4n) is 2.04. The van der Waals surface area contributed by atoms with E-state index < -0.39 is 0 Å². The monoisotopic (exact) mass is 386 g/mol. The highest BCUT2D eigenvalue weighted by Gasteiger charge is 2.15. The van der Waals surface area contributed by atoms with Crippen molar-refractivity contribution in [2.75, 3.05) is 19.0 Å². The first-order valence-electron chi connectivity index (χ1n) is 6.15. The number of hydrogen-bond donors (Lipinski definition) is 1. The number of halogens is 2. The van der Waals surface area contributed by atoms with Crippen molar-refractivity contribution >= 4 is 48.5 Å². The molecule has 1 aromatic heterocycles. The highest BCUT2D eigenvalue weighted by Crippen LogP contribution is 2.41. The second kappa shape index (κ2) is 6.09. The summed E-state index contributed by atoms with van der Waals surface area (Å²) in [5.74, 6) is 0.810. The lowest BCUT2D eigenvalue weighted by atomic mass is 10.1. The molecule has 0 aliphatic rings. The zero-order valence-electron chi connectivity index (χ0n) is 11.2. The number of benzene rings is 1. The number of fused-ring (bicyclic) bond motifs is 1. The van der Waals surface area contributed by atoms with E-state index in [9.17, 15) is 0 Å². The summed E-state index contributed by atoms with van der Waals surface area (Å²) in [4.78, 5) is 4.61. The maximum absolute atomic E-state index is 5.53. The van der Waals surface area contributed by atoms with Crippen molar-refractivity contribution in [3.63, 3.8) is 0 Å². The van der Waals surface area contributed by atoms with Crippen LogP contribution in [0.4, 0.5) is 5.69 Å². The van der Waals surface area contributed by atoms with E-state index in [-0.39, 0.29) is 0 Å². The zero-order chi connectivity index (χ0) is 14.0. The van der Waals surface area contributed by atoms with Crippen molar-refractivity contribution in [3.8, 4) is 5.75 Å². The Bertz CT molecular complexity index is 614. The number of ether oxygens (including phenoxy) is 1. The highest BCUT2D eigenvalue weighted by molar-refractivity contribution is 9.11. The largest absolute Gasteiger partial charge is 0.495 e. The van der Waals surface area contributed by atoms with E-state index >= 15 is 0 Å². The molecule has 1 N–H and O–H groups in total. The first kappa shape index (κ1) is 14.6. The summed E-state index contributed by atoms with van der Waals surface area (Å²) in [5.41, 5.74) is 2.96. The third-order valence-corrected chi connectivity index (χ3v) is 4.03. The quantitative estimate of drug-likeness (QED) is 0.810. The lowest BCUT2D eigenvalue weighted by Crippen LogP contribution is -2.03. The molecule has 0 spiro atoms. The molecule has 2 rings (SSSR count). The number of pyridine rings is 1. The SMILES string of the molecule is CCCNc1cc(C)nc2c(Br)cc(Br)c(OC)c12. The van der Waals surface area contributed by atoms with E-state index in [1.165, 1.54) is 0 Å². The average Bonchev–Trinajstić information content (AvgIpc) is 2.37. The lowest BCUT2D eigenvalue weighted by molar-refractivity contribution is 0.417. The van der Waals surface area contributed by atoms with Gasteiger partial charge in [0.05, 0.1) is 22.5 Å². The van der Waals surface area contributed by atoms with Gasteiger partial charge in [0.15, 0.2) is 0 Å². The Morgan fingerprint density at radius 2 is 2.00 bits per heavy atom. The maximum Gasteiger partial charge on any atom is 0.144 e. The topological polar surface area (TPSA) is 34.2 Å². The number of methoxy groups -OCH3 is 1. The smallest absolute Gasteiger partial charge is 0.144 e. The third-order valence-electron chi connectivity index (χ3n) is 2.84. The number of nitrogens with zero attached hydrogens (tertiary/aromatic N) is 1. The fraction of sp³-hybridized carbons (Fsp3) is 0.357. The first-order valence-corrected chi connectivity index (χ1v) is 7.74. The van der Waals surface area contributed by atoms with Gasteiger partial charge in [-0.05, 0) is 57.3 Å². The van der Waals surface area contributed by atoms with Crippen LogP contribution < -0.4 is 10.1 Å². The molecule has 102 valence electrons. The van der Waals surface area contributed by atoms with Crippen LogP contribution in [-0.4, -0.2) is 18.6 Å². The molecule has 5 heteroatoms. The molecule has 2 aromatic rings.